The monoisotopic (exact) mass is 388 g/mol. The molecule has 0 radical (unpaired) electrons. The second-order valence-corrected chi connectivity index (χ2v) is 7.41. The summed E-state index contributed by atoms with van der Waals surface area (Å²) < 4.78 is 51.2. The van der Waals surface area contributed by atoms with Crippen LogP contribution in [-0.4, -0.2) is 47.8 Å². The van der Waals surface area contributed by atoms with Crippen LogP contribution in [0.2, 0.25) is 0 Å². The van der Waals surface area contributed by atoms with E-state index in [2.05, 4.69) is 15.1 Å². The van der Waals surface area contributed by atoms with Crippen LogP contribution in [0.5, 0.6) is 0 Å². The lowest BCUT2D eigenvalue weighted by Crippen LogP contribution is -2.44. The summed E-state index contributed by atoms with van der Waals surface area (Å²) in [5.41, 5.74) is 0.970. The summed E-state index contributed by atoms with van der Waals surface area (Å²) >= 11 is 0.581. The summed E-state index contributed by atoms with van der Waals surface area (Å²) in [4.78, 5) is 4.10. The minimum absolute atomic E-state index is 0.148. The van der Waals surface area contributed by atoms with Gasteiger partial charge in [-0.3, -0.25) is 0 Å². The predicted molar refractivity (Wildman–Crippen MR) is 92.9 cm³/mol. The molecule has 0 amide bonds. The number of benzene rings is 1. The van der Waals surface area contributed by atoms with Crippen molar-refractivity contribution < 1.29 is 17.6 Å². The molecular formula is C17H20F4N4S. The molecule has 142 valence electrons. The maximum absolute atomic E-state index is 13.2. The van der Waals surface area contributed by atoms with Gasteiger partial charge in [-0.15, -0.1) is 10.2 Å². The van der Waals surface area contributed by atoms with E-state index >= 15 is 0 Å². The highest BCUT2D eigenvalue weighted by atomic mass is 32.1. The van der Waals surface area contributed by atoms with Gasteiger partial charge in [0.2, 0.25) is 10.1 Å². The van der Waals surface area contributed by atoms with Crippen LogP contribution in [0.1, 0.15) is 23.4 Å². The van der Waals surface area contributed by atoms with Gasteiger partial charge in [0.25, 0.3) is 0 Å². The Bertz CT molecular complexity index is 726. The lowest BCUT2D eigenvalue weighted by Gasteiger charge is -2.36. The highest BCUT2D eigenvalue weighted by Crippen LogP contribution is 2.35. The number of aromatic nitrogens is 2. The first kappa shape index (κ1) is 19.0. The van der Waals surface area contributed by atoms with Crippen molar-refractivity contribution in [3.05, 3.63) is 40.7 Å². The van der Waals surface area contributed by atoms with Gasteiger partial charge in [-0.05, 0) is 37.0 Å². The number of nitrogens with zero attached hydrogens (tertiary/aromatic N) is 4. The van der Waals surface area contributed by atoms with Crippen molar-refractivity contribution in [2.75, 3.05) is 31.6 Å². The van der Waals surface area contributed by atoms with Crippen LogP contribution in [0.4, 0.5) is 22.7 Å². The molecule has 2 heterocycles. The number of anilines is 1. The number of alkyl halides is 3. The molecule has 0 unspecified atom stereocenters. The summed E-state index contributed by atoms with van der Waals surface area (Å²) in [6, 6.07) is 6.76. The molecule has 0 saturated carbocycles. The van der Waals surface area contributed by atoms with Gasteiger partial charge in [0.05, 0.1) is 0 Å². The summed E-state index contributed by atoms with van der Waals surface area (Å²) in [6.45, 7) is 2.56. The summed E-state index contributed by atoms with van der Waals surface area (Å²) in [5.74, 6) is -0.224. The Morgan fingerprint density at radius 3 is 2.58 bits per heavy atom. The number of hydrogen-bond donors (Lipinski definition) is 0. The highest BCUT2D eigenvalue weighted by molar-refractivity contribution is 7.15. The molecule has 1 aliphatic rings. The van der Waals surface area contributed by atoms with Gasteiger partial charge in [0.15, 0.2) is 0 Å². The Kier molecular flexibility index (Phi) is 5.76. The van der Waals surface area contributed by atoms with Crippen molar-refractivity contribution >= 4 is 16.5 Å². The lowest BCUT2D eigenvalue weighted by atomic mass is 10.0. The molecule has 2 aromatic rings. The zero-order valence-electron chi connectivity index (χ0n) is 14.3. The molecule has 0 N–H and O–H groups in total. The molecule has 9 heteroatoms. The smallest absolute Gasteiger partial charge is 0.347 e. The summed E-state index contributed by atoms with van der Waals surface area (Å²) in [5, 5.41) is 6.33. The summed E-state index contributed by atoms with van der Waals surface area (Å²) in [6.07, 6.45) is -1.97. The largest absolute Gasteiger partial charge is 0.445 e. The second kappa shape index (κ2) is 7.87. The van der Waals surface area contributed by atoms with Crippen LogP contribution in [0.25, 0.3) is 0 Å². The average molecular weight is 388 g/mol. The third-order valence-electron chi connectivity index (χ3n) is 4.67. The number of halogens is 4. The Morgan fingerprint density at radius 1 is 1.23 bits per heavy atom. The quantitative estimate of drug-likeness (QED) is 0.729. The molecule has 1 aromatic heterocycles. The second-order valence-electron chi connectivity index (χ2n) is 6.45. The van der Waals surface area contributed by atoms with Crippen LogP contribution < -0.4 is 4.90 Å². The van der Waals surface area contributed by atoms with E-state index in [1.165, 1.54) is 6.07 Å². The maximum Gasteiger partial charge on any atom is 0.445 e. The van der Waals surface area contributed by atoms with E-state index in [9.17, 15) is 17.6 Å². The molecule has 1 aromatic carbocycles. The first-order chi connectivity index (χ1) is 12.3. The van der Waals surface area contributed by atoms with E-state index in [0.717, 1.165) is 44.5 Å². The molecule has 1 fully saturated rings. The Labute approximate surface area is 153 Å². The Morgan fingerprint density at radius 2 is 1.96 bits per heavy atom. The minimum Gasteiger partial charge on any atom is -0.347 e. The third-order valence-corrected chi connectivity index (χ3v) is 5.73. The molecule has 1 saturated heterocycles. The third kappa shape index (κ3) is 4.70. The Hall–Kier alpha value is -1.74. The number of piperidine rings is 1. The number of rotatable bonds is 5. The van der Waals surface area contributed by atoms with Crippen LogP contribution in [-0.2, 0) is 12.6 Å². The van der Waals surface area contributed by atoms with E-state index in [-0.39, 0.29) is 11.9 Å². The molecule has 0 atom stereocenters. The van der Waals surface area contributed by atoms with E-state index < -0.39 is 11.2 Å². The highest BCUT2D eigenvalue weighted by Gasteiger charge is 2.36. The molecular weight excluding hydrogens is 368 g/mol. The molecule has 26 heavy (non-hydrogen) atoms. The van der Waals surface area contributed by atoms with Gasteiger partial charge in [-0.25, -0.2) is 4.39 Å². The molecule has 0 spiro atoms. The van der Waals surface area contributed by atoms with Crippen LogP contribution >= 0.6 is 11.3 Å². The maximum atomic E-state index is 13.2. The number of hydrogen-bond acceptors (Lipinski definition) is 5. The molecule has 4 nitrogen and oxygen atoms in total. The van der Waals surface area contributed by atoms with E-state index in [4.69, 9.17) is 0 Å². The van der Waals surface area contributed by atoms with Crippen LogP contribution in [0, 0.1) is 5.82 Å². The van der Waals surface area contributed by atoms with E-state index in [1.54, 1.807) is 24.1 Å². The standard InChI is InChI=1S/C17H20F4N4S/c1-24(16-23-22-15(26-16)17(19,20)21)14-6-9-25(10-7-14)8-5-12-3-2-4-13(18)11-12/h2-4,11,14H,5-10H2,1H3. The van der Waals surface area contributed by atoms with Gasteiger partial charge in [0.1, 0.15) is 5.82 Å². The zero-order valence-corrected chi connectivity index (χ0v) is 15.2. The van der Waals surface area contributed by atoms with E-state index in [0.29, 0.717) is 16.5 Å². The van der Waals surface area contributed by atoms with Gasteiger partial charge < -0.3 is 9.80 Å². The van der Waals surface area contributed by atoms with Crippen molar-refractivity contribution in [2.45, 2.75) is 31.5 Å². The Balaban J connectivity index is 1.49. The van der Waals surface area contributed by atoms with Gasteiger partial charge in [0, 0.05) is 32.7 Å². The summed E-state index contributed by atoms with van der Waals surface area (Å²) in [7, 11) is 1.77. The average Bonchev–Trinajstić information content (AvgIpc) is 3.10. The molecule has 0 bridgehead atoms. The first-order valence-electron chi connectivity index (χ1n) is 8.43. The molecule has 3 rings (SSSR count). The predicted octanol–water partition coefficient (Wildman–Crippen LogP) is 3.84. The van der Waals surface area contributed by atoms with Gasteiger partial charge in [-0.1, -0.05) is 23.5 Å². The van der Waals surface area contributed by atoms with Gasteiger partial charge >= 0.3 is 6.18 Å². The fraction of sp³-hybridized carbons (Fsp3) is 0.529. The molecule has 0 aliphatic carbocycles. The minimum atomic E-state index is -4.45. The van der Waals surface area contributed by atoms with Crippen molar-refractivity contribution in [3.63, 3.8) is 0 Å². The van der Waals surface area contributed by atoms with Crippen molar-refractivity contribution in [1.82, 2.24) is 15.1 Å². The zero-order chi connectivity index (χ0) is 18.7. The fourth-order valence-corrected chi connectivity index (χ4v) is 3.88. The van der Waals surface area contributed by atoms with E-state index in [1.807, 2.05) is 6.07 Å². The first-order valence-corrected chi connectivity index (χ1v) is 9.25. The van der Waals surface area contributed by atoms with Gasteiger partial charge in [-0.2, -0.15) is 13.2 Å². The topological polar surface area (TPSA) is 32.3 Å². The number of likely N-dealkylation sites (tertiary alicyclic amines) is 1. The lowest BCUT2D eigenvalue weighted by molar-refractivity contribution is -0.138. The van der Waals surface area contributed by atoms with Crippen molar-refractivity contribution in [3.8, 4) is 0 Å². The molecule has 1 aliphatic heterocycles. The SMILES string of the molecule is CN(c1nnc(C(F)(F)F)s1)C1CCN(CCc2cccc(F)c2)CC1. The van der Waals surface area contributed by atoms with Crippen LogP contribution in [0.3, 0.4) is 0 Å². The van der Waals surface area contributed by atoms with Crippen LogP contribution in [0.15, 0.2) is 24.3 Å². The normalized spacial score (nSPS) is 16.8. The van der Waals surface area contributed by atoms with Crippen molar-refractivity contribution in [1.29, 1.82) is 0 Å². The fourth-order valence-electron chi connectivity index (χ4n) is 3.14. The van der Waals surface area contributed by atoms with Crippen molar-refractivity contribution in [2.24, 2.45) is 0 Å².